The number of pyridine rings is 1. The third kappa shape index (κ3) is 5.69. The Hall–Kier alpha value is -2.36. The maximum atomic E-state index is 12.4. The number of unbranched alkanes of at least 4 members (excludes halogenated alkanes) is 1. The number of carbonyl (C=O) groups is 1. The minimum Gasteiger partial charge on any atom is -0.370 e. The first-order valence-corrected chi connectivity index (χ1v) is 8.70. The molecule has 0 fully saturated rings. The molecular weight excluding hydrogens is 298 g/mol. The minimum atomic E-state index is 0.0539. The van der Waals surface area contributed by atoms with Gasteiger partial charge in [0, 0.05) is 31.9 Å². The van der Waals surface area contributed by atoms with Crippen molar-refractivity contribution < 1.29 is 4.79 Å². The molecule has 0 spiro atoms. The summed E-state index contributed by atoms with van der Waals surface area (Å²) in [6.07, 6.45) is 5.87. The van der Waals surface area contributed by atoms with Gasteiger partial charge in [-0.25, -0.2) is 4.98 Å². The van der Waals surface area contributed by atoms with E-state index in [0.29, 0.717) is 5.56 Å². The summed E-state index contributed by atoms with van der Waals surface area (Å²) < 4.78 is 0. The predicted molar refractivity (Wildman–Crippen MR) is 99.4 cm³/mol. The van der Waals surface area contributed by atoms with Crippen LogP contribution >= 0.6 is 0 Å². The Labute approximate surface area is 144 Å². The van der Waals surface area contributed by atoms with Gasteiger partial charge < -0.3 is 10.2 Å². The van der Waals surface area contributed by atoms with Crippen molar-refractivity contribution in [1.82, 2.24) is 9.88 Å². The largest absolute Gasteiger partial charge is 0.370 e. The first-order chi connectivity index (χ1) is 11.7. The van der Waals surface area contributed by atoms with E-state index in [1.807, 2.05) is 19.2 Å². The van der Waals surface area contributed by atoms with Gasteiger partial charge in [-0.3, -0.25) is 4.79 Å². The molecule has 2 aromatic rings. The first kappa shape index (κ1) is 18.0. The van der Waals surface area contributed by atoms with Crippen LogP contribution in [0.3, 0.4) is 0 Å². The number of nitrogens with zero attached hydrogens (tertiary/aromatic N) is 2. The topological polar surface area (TPSA) is 45.2 Å². The summed E-state index contributed by atoms with van der Waals surface area (Å²) in [6.45, 7) is 3.75. The van der Waals surface area contributed by atoms with Crippen molar-refractivity contribution in [1.29, 1.82) is 0 Å². The summed E-state index contributed by atoms with van der Waals surface area (Å²) in [5, 5.41) is 3.31. The lowest BCUT2D eigenvalue weighted by Crippen LogP contribution is -2.27. The molecule has 1 amide bonds. The summed E-state index contributed by atoms with van der Waals surface area (Å²) in [4.78, 5) is 18.5. The van der Waals surface area contributed by atoms with Crippen LogP contribution in [0.15, 0.2) is 48.7 Å². The second-order valence-corrected chi connectivity index (χ2v) is 6.03. The van der Waals surface area contributed by atoms with Crippen molar-refractivity contribution in [2.75, 3.05) is 25.5 Å². The highest BCUT2D eigenvalue weighted by molar-refractivity contribution is 5.94. The fourth-order valence-electron chi connectivity index (χ4n) is 2.53. The smallest absolute Gasteiger partial charge is 0.253 e. The second kappa shape index (κ2) is 9.71. The molecule has 128 valence electrons. The molecule has 2 rings (SSSR count). The van der Waals surface area contributed by atoms with E-state index in [2.05, 4.69) is 41.5 Å². The average molecular weight is 325 g/mol. The van der Waals surface area contributed by atoms with Crippen LogP contribution in [0.4, 0.5) is 5.82 Å². The van der Waals surface area contributed by atoms with Crippen molar-refractivity contribution in [3.8, 4) is 0 Å². The predicted octanol–water partition coefficient (Wildman–Crippen LogP) is 4.00. The van der Waals surface area contributed by atoms with Crippen molar-refractivity contribution in [3.05, 3.63) is 59.8 Å². The zero-order chi connectivity index (χ0) is 17.2. The number of hydrogen-bond donors (Lipinski definition) is 1. The average Bonchev–Trinajstić information content (AvgIpc) is 2.63. The van der Waals surface area contributed by atoms with E-state index < -0.39 is 0 Å². The van der Waals surface area contributed by atoms with Crippen molar-refractivity contribution in [2.45, 2.75) is 32.6 Å². The van der Waals surface area contributed by atoms with Crippen LogP contribution in [-0.4, -0.2) is 35.9 Å². The lowest BCUT2D eigenvalue weighted by Gasteiger charge is -2.17. The van der Waals surface area contributed by atoms with Gasteiger partial charge in [-0.15, -0.1) is 0 Å². The van der Waals surface area contributed by atoms with E-state index >= 15 is 0 Å². The van der Waals surface area contributed by atoms with Gasteiger partial charge in [0.15, 0.2) is 0 Å². The van der Waals surface area contributed by atoms with Crippen LogP contribution < -0.4 is 5.32 Å². The Morgan fingerprint density at radius 3 is 2.71 bits per heavy atom. The van der Waals surface area contributed by atoms with Crippen LogP contribution in [-0.2, 0) is 6.42 Å². The molecule has 4 heteroatoms. The van der Waals surface area contributed by atoms with E-state index in [1.54, 1.807) is 17.2 Å². The van der Waals surface area contributed by atoms with Crippen LogP contribution in [0.2, 0.25) is 0 Å². The fraction of sp³-hybridized carbons (Fsp3) is 0.400. The standard InChI is InChI=1S/C20H27N3O/c1-3-4-15-23(2)20(24)18-12-14-22-19(16-18)21-13-8-11-17-9-6-5-7-10-17/h5-7,9-10,12,14,16H,3-4,8,11,13,15H2,1-2H3,(H,21,22). The maximum Gasteiger partial charge on any atom is 0.253 e. The van der Waals surface area contributed by atoms with Crippen LogP contribution in [0, 0.1) is 0 Å². The lowest BCUT2D eigenvalue weighted by atomic mass is 10.1. The van der Waals surface area contributed by atoms with Gasteiger partial charge in [-0.05, 0) is 37.0 Å². The van der Waals surface area contributed by atoms with E-state index in [0.717, 1.165) is 44.6 Å². The Morgan fingerprint density at radius 1 is 1.17 bits per heavy atom. The molecule has 0 aliphatic carbocycles. The molecule has 0 aliphatic rings. The molecule has 1 heterocycles. The van der Waals surface area contributed by atoms with E-state index in [-0.39, 0.29) is 5.91 Å². The number of hydrogen-bond acceptors (Lipinski definition) is 3. The molecule has 0 radical (unpaired) electrons. The van der Waals surface area contributed by atoms with Gasteiger partial charge in [0.1, 0.15) is 5.82 Å². The van der Waals surface area contributed by atoms with E-state index in [4.69, 9.17) is 0 Å². The minimum absolute atomic E-state index is 0.0539. The molecule has 0 unspecified atom stereocenters. The zero-order valence-electron chi connectivity index (χ0n) is 14.7. The second-order valence-electron chi connectivity index (χ2n) is 6.03. The molecule has 1 N–H and O–H groups in total. The third-order valence-electron chi connectivity index (χ3n) is 3.99. The Kier molecular flexibility index (Phi) is 7.27. The van der Waals surface area contributed by atoms with Gasteiger partial charge in [0.2, 0.25) is 0 Å². The number of benzene rings is 1. The molecule has 0 atom stereocenters. The zero-order valence-corrected chi connectivity index (χ0v) is 14.7. The van der Waals surface area contributed by atoms with Gasteiger partial charge in [0.05, 0.1) is 0 Å². The van der Waals surface area contributed by atoms with Crippen LogP contribution in [0.5, 0.6) is 0 Å². The molecule has 0 saturated carbocycles. The van der Waals surface area contributed by atoms with Crippen molar-refractivity contribution in [2.24, 2.45) is 0 Å². The third-order valence-corrected chi connectivity index (χ3v) is 3.99. The van der Waals surface area contributed by atoms with Gasteiger partial charge in [-0.1, -0.05) is 43.7 Å². The van der Waals surface area contributed by atoms with Crippen molar-refractivity contribution >= 4 is 11.7 Å². The van der Waals surface area contributed by atoms with Gasteiger partial charge in [0.25, 0.3) is 5.91 Å². The first-order valence-electron chi connectivity index (χ1n) is 8.70. The van der Waals surface area contributed by atoms with E-state index in [9.17, 15) is 4.79 Å². The molecule has 1 aromatic carbocycles. The number of anilines is 1. The van der Waals surface area contributed by atoms with Crippen LogP contribution in [0.25, 0.3) is 0 Å². The Morgan fingerprint density at radius 2 is 1.96 bits per heavy atom. The number of amides is 1. The normalized spacial score (nSPS) is 10.4. The highest BCUT2D eigenvalue weighted by Gasteiger charge is 2.11. The molecule has 24 heavy (non-hydrogen) atoms. The maximum absolute atomic E-state index is 12.4. The van der Waals surface area contributed by atoms with Gasteiger partial charge >= 0.3 is 0 Å². The molecule has 0 bridgehead atoms. The summed E-state index contributed by atoms with van der Waals surface area (Å²) in [7, 11) is 1.85. The molecule has 1 aromatic heterocycles. The summed E-state index contributed by atoms with van der Waals surface area (Å²) in [6, 6.07) is 14.1. The molecule has 0 saturated heterocycles. The van der Waals surface area contributed by atoms with Crippen LogP contribution in [0.1, 0.15) is 42.1 Å². The molecular formula is C20H27N3O. The molecule has 0 aliphatic heterocycles. The highest BCUT2D eigenvalue weighted by atomic mass is 16.2. The molecule has 4 nitrogen and oxygen atoms in total. The quantitative estimate of drug-likeness (QED) is 0.709. The fourth-order valence-corrected chi connectivity index (χ4v) is 2.53. The number of aromatic nitrogens is 1. The van der Waals surface area contributed by atoms with Gasteiger partial charge in [-0.2, -0.15) is 0 Å². The van der Waals surface area contributed by atoms with Crippen molar-refractivity contribution in [3.63, 3.8) is 0 Å². The number of aryl methyl sites for hydroxylation is 1. The number of nitrogens with one attached hydrogen (secondary N) is 1. The number of rotatable bonds is 9. The lowest BCUT2D eigenvalue weighted by molar-refractivity contribution is 0.0793. The van der Waals surface area contributed by atoms with E-state index in [1.165, 1.54) is 5.56 Å². The number of carbonyl (C=O) groups excluding carboxylic acids is 1. The monoisotopic (exact) mass is 325 g/mol. The summed E-state index contributed by atoms with van der Waals surface area (Å²) >= 11 is 0. The SMILES string of the molecule is CCCCN(C)C(=O)c1ccnc(NCCCc2ccccc2)c1. The highest BCUT2D eigenvalue weighted by Crippen LogP contribution is 2.10. The Balaban J connectivity index is 1.82. The summed E-state index contributed by atoms with van der Waals surface area (Å²) in [5.74, 6) is 0.816. The summed E-state index contributed by atoms with van der Waals surface area (Å²) in [5.41, 5.74) is 2.03. The Bertz CT molecular complexity index is 628.